The Hall–Kier alpha value is -2.62. The topological polar surface area (TPSA) is 28.4 Å². The Morgan fingerprint density at radius 2 is 1.59 bits per heavy atom. The van der Waals surface area contributed by atoms with E-state index in [0.717, 1.165) is 18.7 Å². The molecule has 0 unspecified atom stereocenters. The predicted molar refractivity (Wildman–Crippen MR) is 113 cm³/mol. The van der Waals surface area contributed by atoms with Crippen molar-refractivity contribution in [3.63, 3.8) is 0 Å². The standard InChI is InChI=1S/C24H26N2O/c1-3-26-22-12-8-7-11-20(22)21-15-18(13-14-23(21)26)16-25(2)17-24(27)19-9-5-4-6-10-19/h4-15,24,27H,3,16-17H2,1-2H3/t24-/m0/s1. The lowest BCUT2D eigenvalue weighted by Gasteiger charge is -2.21. The molecule has 0 amide bonds. The zero-order valence-electron chi connectivity index (χ0n) is 16.0. The van der Waals surface area contributed by atoms with Crippen LogP contribution in [0.15, 0.2) is 72.8 Å². The van der Waals surface area contributed by atoms with Crippen LogP contribution in [0.1, 0.15) is 24.2 Å². The molecule has 27 heavy (non-hydrogen) atoms. The molecule has 4 aromatic rings. The molecule has 3 nitrogen and oxygen atoms in total. The second-order valence-electron chi connectivity index (χ2n) is 7.24. The average molecular weight is 358 g/mol. The molecular weight excluding hydrogens is 332 g/mol. The summed E-state index contributed by atoms with van der Waals surface area (Å²) >= 11 is 0. The van der Waals surface area contributed by atoms with Crippen LogP contribution in [0.3, 0.4) is 0 Å². The van der Waals surface area contributed by atoms with Gasteiger partial charge in [-0.15, -0.1) is 0 Å². The molecule has 0 aliphatic heterocycles. The highest BCUT2D eigenvalue weighted by molar-refractivity contribution is 6.08. The molecule has 138 valence electrons. The molecule has 3 aromatic carbocycles. The summed E-state index contributed by atoms with van der Waals surface area (Å²) < 4.78 is 2.37. The fourth-order valence-electron chi connectivity index (χ4n) is 3.99. The summed E-state index contributed by atoms with van der Waals surface area (Å²) in [5.41, 5.74) is 4.81. The van der Waals surface area contributed by atoms with Crippen molar-refractivity contribution in [2.75, 3.05) is 13.6 Å². The van der Waals surface area contributed by atoms with Crippen LogP contribution in [0.25, 0.3) is 21.8 Å². The molecule has 0 radical (unpaired) electrons. The van der Waals surface area contributed by atoms with Crippen molar-refractivity contribution in [3.8, 4) is 0 Å². The Kier molecular flexibility index (Phi) is 4.97. The van der Waals surface area contributed by atoms with Crippen LogP contribution in [-0.4, -0.2) is 28.2 Å². The largest absolute Gasteiger partial charge is 0.387 e. The summed E-state index contributed by atoms with van der Waals surface area (Å²) in [7, 11) is 2.06. The SMILES string of the molecule is CCn1c2ccccc2c2cc(CN(C)C[C@H](O)c3ccccc3)ccc21. The first-order valence-electron chi connectivity index (χ1n) is 9.58. The third-order valence-corrected chi connectivity index (χ3v) is 5.27. The van der Waals surface area contributed by atoms with Gasteiger partial charge in [-0.2, -0.15) is 0 Å². The second kappa shape index (κ2) is 7.55. The molecule has 0 fully saturated rings. The summed E-state index contributed by atoms with van der Waals surface area (Å²) in [6.45, 7) is 4.58. The Morgan fingerprint density at radius 3 is 2.37 bits per heavy atom. The zero-order valence-corrected chi connectivity index (χ0v) is 16.0. The van der Waals surface area contributed by atoms with Crippen molar-refractivity contribution in [2.24, 2.45) is 0 Å². The normalized spacial score (nSPS) is 12.9. The van der Waals surface area contributed by atoms with Crippen molar-refractivity contribution < 1.29 is 5.11 Å². The van der Waals surface area contributed by atoms with Gasteiger partial charge in [0.2, 0.25) is 0 Å². The number of aryl methyl sites for hydroxylation is 1. The molecule has 0 aliphatic rings. The summed E-state index contributed by atoms with van der Waals surface area (Å²) in [6, 6.07) is 25.2. The minimum absolute atomic E-state index is 0.470. The minimum Gasteiger partial charge on any atom is -0.387 e. The zero-order chi connectivity index (χ0) is 18.8. The smallest absolute Gasteiger partial charge is 0.0916 e. The first kappa shape index (κ1) is 17.8. The lowest BCUT2D eigenvalue weighted by molar-refractivity contribution is 0.124. The molecule has 0 spiro atoms. The quantitative estimate of drug-likeness (QED) is 0.526. The van der Waals surface area contributed by atoms with E-state index < -0.39 is 6.10 Å². The van der Waals surface area contributed by atoms with Gasteiger partial charge in [0, 0.05) is 41.4 Å². The average Bonchev–Trinajstić information content (AvgIpc) is 3.01. The summed E-state index contributed by atoms with van der Waals surface area (Å²) in [4.78, 5) is 2.18. The first-order chi connectivity index (χ1) is 13.2. The van der Waals surface area contributed by atoms with Gasteiger partial charge >= 0.3 is 0 Å². The highest BCUT2D eigenvalue weighted by Gasteiger charge is 2.13. The van der Waals surface area contributed by atoms with Gasteiger partial charge in [0.15, 0.2) is 0 Å². The van der Waals surface area contributed by atoms with Crippen LogP contribution in [0, 0.1) is 0 Å². The van der Waals surface area contributed by atoms with Gasteiger partial charge in [0.25, 0.3) is 0 Å². The Balaban J connectivity index is 1.58. The molecular formula is C24H26N2O. The van der Waals surface area contributed by atoms with E-state index in [1.165, 1.54) is 27.4 Å². The van der Waals surface area contributed by atoms with Gasteiger partial charge in [-0.3, -0.25) is 4.90 Å². The van der Waals surface area contributed by atoms with Crippen molar-refractivity contribution in [2.45, 2.75) is 26.1 Å². The maximum absolute atomic E-state index is 10.5. The number of aromatic nitrogens is 1. The molecule has 0 aliphatic carbocycles. The summed E-state index contributed by atoms with van der Waals surface area (Å²) in [6.07, 6.45) is -0.470. The van der Waals surface area contributed by atoms with Crippen LogP contribution in [0.4, 0.5) is 0 Å². The molecule has 0 saturated heterocycles. The molecule has 1 atom stereocenters. The van der Waals surface area contributed by atoms with E-state index in [-0.39, 0.29) is 0 Å². The predicted octanol–water partition coefficient (Wildman–Crippen LogP) is 4.98. The number of para-hydroxylation sites is 1. The van der Waals surface area contributed by atoms with E-state index in [1.54, 1.807) is 0 Å². The Morgan fingerprint density at radius 1 is 0.889 bits per heavy atom. The van der Waals surface area contributed by atoms with Crippen molar-refractivity contribution >= 4 is 21.8 Å². The molecule has 1 aromatic heterocycles. The fraction of sp³-hybridized carbons (Fsp3) is 0.250. The summed E-state index contributed by atoms with van der Waals surface area (Å²) in [5.74, 6) is 0. The number of nitrogens with zero attached hydrogens (tertiary/aromatic N) is 2. The van der Waals surface area contributed by atoms with E-state index in [9.17, 15) is 5.11 Å². The molecule has 0 bridgehead atoms. The Bertz CT molecular complexity index is 1050. The van der Waals surface area contributed by atoms with Crippen LogP contribution in [0.2, 0.25) is 0 Å². The van der Waals surface area contributed by atoms with Crippen LogP contribution >= 0.6 is 0 Å². The number of benzene rings is 3. The maximum atomic E-state index is 10.5. The van der Waals surface area contributed by atoms with E-state index in [0.29, 0.717) is 6.54 Å². The molecule has 1 heterocycles. The van der Waals surface area contributed by atoms with Gasteiger partial charge < -0.3 is 9.67 Å². The van der Waals surface area contributed by atoms with E-state index in [2.05, 4.69) is 65.9 Å². The number of rotatable bonds is 6. The van der Waals surface area contributed by atoms with Crippen molar-refractivity contribution in [1.82, 2.24) is 9.47 Å². The van der Waals surface area contributed by atoms with Crippen LogP contribution < -0.4 is 0 Å². The fourth-order valence-corrected chi connectivity index (χ4v) is 3.99. The second-order valence-corrected chi connectivity index (χ2v) is 7.24. The van der Waals surface area contributed by atoms with Gasteiger partial charge in [-0.25, -0.2) is 0 Å². The van der Waals surface area contributed by atoms with Crippen molar-refractivity contribution in [1.29, 1.82) is 0 Å². The number of fused-ring (bicyclic) bond motifs is 3. The molecule has 3 heteroatoms. The van der Waals surface area contributed by atoms with Gasteiger partial charge in [-0.05, 0) is 43.3 Å². The molecule has 4 rings (SSSR count). The first-order valence-corrected chi connectivity index (χ1v) is 9.58. The van der Waals surface area contributed by atoms with Crippen LogP contribution in [0.5, 0.6) is 0 Å². The minimum atomic E-state index is -0.470. The highest BCUT2D eigenvalue weighted by Crippen LogP contribution is 2.30. The number of aliphatic hydroxyl groups is 1. The number of hydrogen-bond donors (Lipinski definition) is 1. The van der Waals surface area contributed by atoms with E-state index in [1.807, 2.05) is 30.3 Å². The van der Waals surface area contributed by atoms with Gasteiger partial charge in [0.1, 0.15) is 0 Å². The number of aliphatic hydroxyl groups excluding tert-OH is 1. The summed E-state index contributed by atoms with van der Waals surface area (Å²) in [5, 5.41) is 13.1. The monoisotopic (exact) mass is 358 g/mol. The maximum Gasteiger partial charge on any atom is 0.0916 e. The Labute approximate surface area is 160 Å². The van der Waals surface area contributed by atoms with Gasteiger partial charge in [-0.1, -0.05) is 54.6 Å². The third kappa shape index (κ3) is 3.48. The van der Waals surface area contributed by atoms with E-state index >= 15 is 0 Å². The van der Waals surface area contributed by atoms with Gasteiger partial charge in [0.05, 0.1) is 6.10 Å². The van der Waals surface area contributed by atoms with Crippen LogP contribution in [-0.2, 0) is 13.1 Å². The molecule has 0 saturated carbocycles. The third-order valence-electron chi connectivity index (χ3n) is 5.27. The lowest BCUT2D eigenvalue weighted by atomic mass is 10.1. The van der Waals surface area contributed by atoms with Crippen molar-refractivity contribution in [3.05, 3.63) is 83.9 Å². The van der Waals surface area contributed by atoms with E-state index in [4.69, 9.17) is 0 Å². The highest BCUT2D eigenvalue weighted by atomic mass is 16.3. The lowest BCUT2D eigenvalue weighted by Crippen LogP contribution is -2.24. The molecule has 1 N–H and O–H groups in total. The number of likely N-dealkylation sites (N-methyl/N-ethyl adjacent to an activating group) is 1. The number of hydrogen-bond acceptors (Lipinski definition) is 2.